The number of aromatic nitrogens is 1. The monoisotopic (exact) mass is 265 g/mol. The Hall–Kier alpha value is -1.03. The molecule has 1 aliphatic rings. The third-order valence-electron chi connectivity index (χ3n) is 4.08. The van der Waals surface area contributed by atoms with Crippen molar-refractivity contribution in [1.82, 2.24) is 10.3 Å². The number of rotatable bonds is 5. The van der Waals surface area contributed by atoms with Crippen LogP contribution in [0.25, 0.3) is 0 Å². The van der Waals surface area contributed by atoms with E-state index in [9.17, 15) is 0 Å². The Bertz CT molecular complexity index is 375. The third-order valence-corrected chi connectivity index (χ3v) is 4.08. The van der Waals surface area contributed by atoms with Crippen LogP contribution in [0.5, 0.6) is 0 Å². The summed E-state index contributed by atoms with van der Waals surface area (Å²) >= 11 is 0. The van der Waals surface area contributed by atoms with Gasteiger partial charge in [-0.25, -0.2) is 0 Å². The highest BCUT2D eigenvalue weighted by Crippen LogP contribution is 2.26. The van der Waals surface area contributed by atoms with E-state index in [1.807, 2.05) is 0 Å². The zero-order chi connectivity index (χ0) is 13.7. The van der Waals surface area contributed by atoms with Gasteiger partial charge in [0, 0.05) is 19.6 Å². The molecule has 0 radical (unpaired) electrons. The summed E-state index contributed by atoms with van der Waals surface area (Å²) in [5.74, 6) is 1.63. The van der Waals surface area contributed by atoms with E-state index in [-0.39, 0.29) is 0 Å². The minimum atomic E-state index is 0.786. The molecule has 1 aliphatic heterocycles. The molecule has 1 N–H and O–H groups in total. The van der Waals surface area contributed by atoms with Crippen molar-refractivity contribution in [2.75, 3.05) is 24.5 Å². The Kier molecular flexibility index (Phi) is 5.25. The van der Waals surface area contributed by atoms with Crippen LogP contribution < -0.4 is 10.2 Å². The molecule has 2 heterocycles. The van der Waals surface area contributed by atoms with Crippen LogP contribution in [-0.2, 0) is 6.54 Å². The van der Waals surface area contributed by atoms with Gasteiger partial charge < -0.3 is 14.6 Å². The summed E-state index contributed by atoms with van der Waals surface area (Å²) in [4.78, 5) is 6.88. The summed E-state index contributed by atoms with van der Waals surface area (Å²) in [6, 6.07) is 0.803. The smallest absolute Gasteiger partial charge is 0.297 e. The van der Waals surface area contributed by atoms with Crippen LogP contribution >= 0.6 is 0 Å². The average Bonchev–Trinajstić information content (AvgIpc) is 2.71. The normalized spacial score (nSPS) is 20.8. The van der Waals surface area contributed by atoms with E-state index in [4.69, 9.17) is 4.42 Å². The lowest BCUT2D eigenvalue weighted by atomic mass is 9.89. The van der Waals surface area contributed by atoms with Crippen molar-refractivity contribution in [3.63, 3.8) is 0 Å². The quantitative estimate of drug-likeness (QED) is 0.888. The molecule has 4 heteroatoms. The van der Waals surface area contributed by atoms with E-state index in [0.29, 0.717) is 0 Å². The van der Waals surface area contributed by atoms with Gasteiger partial charge in [-0.1, -0.05) is 20.8 Å². The van der Waals surface area contributed by atoms with Crippen LogP contribution in [0.15, 0.2) is 10.7 Å². The molecule has 0 aliphatic carbocycles. The van der Waals surface area contributed by atoms with Crippen molar-refractivity contribution in [2.24, 2.45) is 11.8 Å². The zero-order valence-electron chi connectivity index (χ0n) is 12.5. The van der Waals surface area contributed by atoms with Crippen molar-refractivity contribution in [2.45, 2.75) is 46.6 Å². The lowest BCUT2D eigenvalue weighted by Gasteiger charge is -2.19. The Morgan fingerprint density at radius 2 is 2.26 bits per heavy atom. The maximum Gasteiger partial charge on any atom is 0.297 e. The minimum absolute atomic E-state index is 0.786. The number of anilines is 1. The summed E-state index contributed by atoms with van der Waals surface area (Å²) in [5, 5.41) is 3.27. The summed E-state index contributed by atoms with van der Waals surface area (Å²) in [5.41, 5.74) is 1.00. The van der Waals surface area contributed by atoms with Crippen molar-refractivity contribution < 1.29 is 4.42 Å². The Morgan fingerprint density at radius 3 is 3.00 bits per heavy atom. The molecule has 0 spiro atoms. The first-order valence-electron chi connectivity index (χ1n) is 7.60. The van der Waals surface area contributed by atoms with E-state index in [1.165, 1.54) is 19.3 Å². The molecule has 1 atom stereocenters. The summed E-state index contributed by atoms with van der Waals surface area (Å²) in [7, 11) is 0. The molecule has 0 saturated carbocycles. The first kappa shape index (κ1) is 14.4. The Balaban J connectivity index is 1.92. The number of hydrogen-bond donors (Lipinski definition) is 1. The van der Waals surface area contributed by atoms with Gasteiger partial charge in [0.2, 0.25) is 0 Å². The molecule has 0 amide bonds. The van der Waals surface area contributed by atoms with Gasteiger partial charge in [-0.3, -0.25) is 0 Å². The van der Waals surface area contributed by atoms with Gasteiger partial charge in [0.25, 0.3) is 6.01 Å². The molecule has 4 nitrogen and oxygen atoms in total. The predicted octanol–water partition coefficient (Wildman–Crippen LogP) is 3.05. The molecule has 1 aromatic heterocycles. The first-order valence-corrected chi connectivity index (χ1v) is 7.60. The second kappa shape index (κ2) is 6.94. The van der Waals surface area contributed by atoms with Crippen LogP contribution in [0.2, 0.25) is 0 Å². The molecular weight excluding hydrogens is 238 g/mol. The van der Waals surface area contributed by atoms with Gasteiger partial charge in [-0.05, 0) is 37.6 Å². The topological polar surface area (TPSA) is 41.3 Å². The van der Waals surface area contributed by atoms with E-state index in [1.54, 1.807) is 6.26 Å². The molecule has 1 fully saturated rings. The van der Waals surface area contributed by atoms with E-state index < -0.39 is 0 Å². The van der Waals surface area contributed by atoms with Gasteiger partial charge in [0.15, 0.2) is 0 Å². The average molecular weight is 265 g/mol. The number of nitrogens with one attached hydrogen (secondary N) is 1. The lowest BCUT2D eigenvalue weighted by Crippen LogP contribution is -2.25. The third kappa shape index (κ3) is 3.96. The lowest BCUT2D eigenvalue weighted by molar-refractivity contribution is 0.351. The van der Waals surface area contributed by atoms with Gasteiger partial charge in [-0.2, -0.15) is 4.98 Å². The fraction of sp³-hybridized carbons (Fsp3) is 0.800. The molecule has 19 heavy (non-hydrogen) atoms. The predicted molar refractivity (Wildman–Crippen MR) is 78.3 cm³/mol. The van der Waals surface area contributed by atoms with Crippen LogP contribution in [0.4, 0.5) is 6.01 Å². The maximum atomic E-state index is 5.63. The summed E-state index contributed by atoms with van der Waals surface area (Å²) in [6.07, 6.45) is 5.61. The standard InChI is InChI=1S/C15H27N3O/c1-4-16-10-14-11-19-15(17-14)18-8-5-6-13(7-9-18)12(2)3/h11-13,16H,4-10H2,1-3H3. The number of oxazole rings is 1. The van der Waals surface area contributed by atoms with Crippen LogP contribution in [0.3, 0.4) is 0 Å². The van der Waals surface area contributed by atoms with Crippen molar-refractivity contribution in [3.8, 4) is 0 Å². The van der Waals surface area contributed by atoms with Crippen LogP contribution in [-0.4, -0.2) is 24.6 Å². The first-order chi connectivity index (χ1) is 9.20. The van der Waals surface area contributed by atoms with Gasteiger partial charge in [0.05, 0.1) is 5.69 Å². The van der Waals surface area contributed by atoms with Gasteiger partial charge >= 0.3 is 0 Å². The highest BCUT2D eigenvalue weighted by atomic mass is 16.4. The van der Waals surface area contributed by atoms with Crippen LogP contribution in [0.1, 0.15) is 45.7 Å². The molecular formula is C15H27N3O. The Morgan fingerprint density at radius 1 is 1.42 bits per heavy atom. The SMILES string of the molecule is CCNCc1coc(N2CCCC(C(C)C)CC2)n1. The van der Waals surface area contributed by atoms with Gasteiger partial charge in [0.1, 0.15) is 6.26 Å². The van der Waals surface area contributed by atoms with E-state index in [2.05, 4.69) is 36.0 Å². The second-order valence-electron chi connectivity index (χ2n) is 5.82. The van der Waals surface area contributed by atoms with Crippen molar-refractivity contribution in [3.05, 3.63) is 12.0 Å². The number of nitrogens with zero attached hydrogens (tertiary/aromatic N) is 2. The largest absolute Gasteiger partial charge is 0.432 e. The highest BCUT2D eigenvalue weighted by molar-refractivity contribution is 5.27. The van der Waals surface area contributed by atoms with E-state index in [0.717, 1.165) is 49.7 Å². The second-order valence-corrected chi connectivity index (χ2v) is 5.82. The summed E-state index contributed by atoms with van der Waals surface area (Å²) < 4.78 is 5.63. The van der Waals surface area contributed by atoms with Crippen LogP contribution in [0, 0.1) is 11.8 Å². The fourth-order valence-electron chi connectivity index (χ4n) is 2.76. The molecule has 1 saturated heterocycles. The maximum absolute atomic E-state index is 5.63. The summed E-state index contributed by atoms with van der Waals surface area (Å²) in [6.45, 7) is 10.7. The molecule has 0 aromatic carbocycles. The van der Waals surface area contributed by atoms with Crippen molar-refractivity contribution >= 4 is 6.01 Å². The molecule has 108 valence electrons. The zero-order valence-corrected chi connectivity index (χ0v) is 12.5. The molecule has 1 unspecified atom stereocenters. The fourth-order valence-corrected chi connectivity index (χ4v) is 2.76. The van der Waals surface area contributed by atoms with Gasteiger partial charge in [-0.15, -0.1) is 0 Å². The minimum Gasteiger partial charge on any atom is -0.432 e. The Labute approximate surface area is 116 Å². The van der Waals surface area contributed by atoms with E-state index >= 15 is 0 Å². The molecule has 2 rings (SSSR count). The van der Waals surface area contributed by atoms with Crippen molar-refractivity contribution in [1.29, 1.82) is 0 Å². The number of hydrogen-bond acceptors (Lipinski definition) is 4. The molecule has 0 bridgehead atoms. The molecule has 1 aromatic rings. The highest BCUT2D eigenvalue weighted by Gasteiger charge is 2.21.